The highest BCUT2D eigenvalue weighted by atomic mass is 79.9. The maximum absolute atomic E-state index is 13.1. The molecule has 0 radical (unpaired) electrons. The Morgan fingerprint density at radius 2 is 1.73 bits per heavy atom. The van der Waals surface area contributed by atoms with E-state index in [0.717, 1.165) is 15.8 Å². The molecule has 0 saturated carbocycles. The number of nitrogens with zero attached hydrogens (tertiary/aromatic N) is 4. The average Bonchev–Trinajstić information content (AvgIpc) is 3.15. The Morgan fingerprint density at radius 3 is 2.53 bits per heavy atom. The van der Waals surface area contributed by atoms with Gasteiger partial charge in [0.15, 0.2) is 11.5 Å². The molecule has 1 fully saturated rings. The van der Waals surface area contributed by atoms with Gasteiger partial charge in [0, 0.05) is 55.7 Å². The van der Waals surface area contributed by atoms with Gasteiger partial charge in [-0.3, -0.25) is 4.90 Å². The van der Waals surface area contributed by atoms with Gasteiger partial charge >= 0.3 is 0 Å². The largest absolute Gasteiger partial charge is 0.486 e. The van der Waals surface area contributed by atoms with Crippen LogP contribution in [-0.2, 0) is 16.6 Å². The first-order valence-electron chi connectivity index (χ1n) is 9.74. The number of hydrogen-bond donors (Lipinski definition) is 0. The second kappa shape index (κ2) is 7.84. The summed E-state index contributed by atoms with van der Waals surface area (Å²) < 4.78 is 41.7. The number of piperazine rings is 1. The number of pyridine rings is 1. The summed E-state index contributed by atoms with van der Waals surface area (Å²) in [6, 6.07) is 8.74. The molecule has 0 N–H and O–H groups in total. The standard InChI is InChI=1S/C20H21BrN4O4S/c21-15-1-4-20-22-16(14-24(20)12-15)13-23-5-7-25(8-6-23)30(26,27)17-2-3-18-19(11-17)29-10-9-28-18/h1-4,11-12,14H,5-10,13H2. The molecule has 30 heavy (non-hydrogen) atoms. The minimum absolute atomic E-state index is 0.242. The number of aromatic nitrogens is 2. The molecule has 2 aromatic heterocycles. The van der Waals surface area contributed by atoms with Crippen LogP contribution in [0.3, 0.4) is 0 Å². The van der Waals surface area contributed by atoms with E-state index in [9.17, 15) is 8.42 Å². The van der Waals surface area contributed by atoms with Crippen LogP contribution in [0.4, 0.5) is 0 Å². The van der Waals surface area contributed by atoms with Crippen molar-refractivity contribution in [2.45, 2.75) is 11.4 Å². The lowest BCUT2D eigenvalue weighted by atomic mass is 10.3. The molecule has 0 bridgehead atoms. The van der Waals surface area contributed by atoms with Crippen molar-refractivity contribution in [3.63, 3.8) is 0 Å². The predicted molar refractivity (Wildman–Crippen MR) is 114 cm³/mol. The zero-order chi connectivity index (χ0) is 20.7. The van der Waals surface area contributed by atoms with Crippen LogP contribution in [0, 0.1) is 0 Å². The number of imidazole rings is 1. The first-order chi connectivity index (χ1) is 14.5. The van der Waals surface area contributed by atoms with Gasteiger partial charge in [-0.15, -0.1) is 0 Å². The van der Waals surface area contributed by atoms with Crippen molar-refractivity contribution in [2.75, 3.05) is 39.4 Å². The van der Waals surface area contributed by atoms with Crippen molar-refractivity contribution in [1.82, 2.24) is 18.6 Å². The van der Waals surface area contributed by atoms with Crippen molar-refractivity contribution in [3.8, 4) is 11.5 Å². The number of sulfonamides is 1. The second-order valence-corrected chi connectivity index (χ2v) is 10.2. The third-order valence-electron chi connectivity index (χ3n) is 5.33. The monoisotopic (exact) mass is 492 g/mol. The summed E-state index contributed by atoms with van der Waals surface area (Å²) in [5.74, 6) is 1.07. The van der Waals surface area contributed by atoms with Crippen LogP contribution < -0.4 is 9.47 Å². The zero-order valence-corrected chi connectivity index (χ0v) is 18.6. The van der Waals surface area contributed by atoms with Crippen LogP contribution in [0.5, 0.6) is 11.5 Å². The third kappa shape index (κ3) is 3.80. The minimum atomic E-state index is -3.57. The van der Waals surface area contributed by atoms with E-state index < -0.39 is 10.0 Å². The highest BCUT2D eigenvalue weighted by Crippen LogP contribution is 2.33. The van der Waals surface area contributed by atoms with Gasteiger partial charge in [0.25, 0.3) is 0 Å². The van der Waals surface area contributed by atoms with Gasteiger partial charge in [0.1, 0.15) is 18.9 Å². The Kier molecular flexibility index (Phi) is 5.18. The third-order valence-corrected chi connectivity index (χ3v) is 7.70. The number of rotatable bonds is 4. The van der Waals surface area contributed by atoms with Crippen LogP contribution in [0.15, 0.2) is 52.1 Å². The van der Waals surface area contributed by atoms with Gasteiger partial charge in [-0.2, -0.15) is 4.31 Å². The van der Waals surface area contributed by atoms with E-state index in [0.29, 0.717) is 57.4 Å². The van der Waals surface area contributed by atoms with Gasteiger partial charge < -0.3 is 13.9 Å². The van der Waals surface area contributed by atoms with Gasteiger partial charge in [0.2, 0.25) is 10.0 Å². The summed E-state index contributed by atoms with van der Waals surface area (Å²) >= 11 is 3.47. The van der Waals surface area contributed by atoms with E-state index in [2.05, 4.69) is 25.8 Å². The van der Waals surface area contributed by atoms with Gasteiger partial charge in [0.05, 0.1) is 10.6 Å². The van der Waals surface area contributed by atoms with Crippen molar-refractivity contribution in [1.29, 1.82) is 0 Å². The Morgan fingerprint density at radius 1 is 0.967 bits per heavy atom. The lowest BCUT2D eigenvalue weighted by molar-refractivity contribution is 0.170. The molecule has 1 aromatic carbocycles. The van der Waals surface area contributed by atoms with E-state index in [-0.39, 0.29) is 4.90 Å². The lowest BCUT2D eigenvalue weighted by Gasteiger charge is -2.33. The molecule has 3 aromatic rings. The first-order valence-corrected chi connectivity index (χ1v) is 12.0. The number of halogens is 1. The molecule has 158 valence electrons. The zero-order valence-electron chi connectivity index (χ0n) is 16.2. The van der Waals surface area contributed by atoms with Crippen LogP contribution in [0.25, 0.3) is 5.65 Å². The van der Waals surface area contributed by atoms with Crippen LogP contribution >= 0.6 is 15.9 Å². The molecular formula is C20H21BrN4O4S. The number of fused-ring (bicyclic) bond motifs is 2. The maximum Gasteiger partial charge on any atom is 0.243 e. The van der Waals surface area contributed by atoms with E-state index >= 15 is 0 Å². The molecule has 1 saturated heterocycles. The average molecular weight is 493 g/mol. The molecule has 0 unspecified atom stereocenters. The predicted octanol–water partition coefficient (Wildman–Crippen LogP) is 2.37. The summed E-state index contributed by atoms with van der Waals surface area (Å²) in [7, 11) is -3.57. The van der Waals surface area contributed by atoms with Gasteiger partial charge in [-0.1, -0.05) is 0 Å². The Balaban J connectivity index is 1.25. The summed E-state index contributed by atoms with van der Waals surface area (Å²) in [4.78, 5) is 7.12. The molecule has 0 spiro atoms. The maximum atomic E-state index is 13.1. The smallest absolute Gasteiger partial charge is 0.243 e. The first kappa shape index (κ1) is 19.8. The Labute approximate surface area is 183 Å². The molecule has 4 heterocycles. The molecule has 2 aliphatic heterocycles. The van der Waals surface area contributed by atoms with Gasteiger partial charge in [-0.25, -0.2) is 13.4 Å². The van der Waals surface area contributed by atoms with Crippen molar-refractivity contribution in [3.05, 3.63) is 52.9 Å². The number of hydrogen-bond acceptors (Lipinski definition) is 6. The number of ether oxygens (including phenoxy) is 2. The fourth-order valence-electron chi connectivity index (χ4n) is 3.78. The fourth-order valence-corrected chi connectivity index (χ4v) is 5.57. The molecule has 2 aliphatic rings. The van der Waals surface area contributed by atoms with Crippen molar-refractivity contribution < 1.29 is 17.9 Å². The molecule has 5 rings (SSSR count). The summed E-state index contributed by atoms with van der Waals surface area (Å²) in [5, 5.41) is 0. The Hall–Kier alpha value is -2.14. The second-order valence-electron chi connectivity index (χ2n) is 7.33. The van der Waals surface area contributed by atoms with E-state index in [1.807, 2.05) is 28.9 Å². The minimum Gasteiger partial charge on any atom is -0.486 e. The topological polar surface area (TPSA) is 76.4 Å². The molecule has 8 nitrogen and oxygen atoms in total. The van der Waals surface area contributed by atoms with Crippen molar-refractivity contribution in [2.24, 2.45) is 0 Å². The highest BCUT2D eigenvalue weighted by molar-refractivity contribution is 9.10. The molecule has 0 aliphatic carbocycles. The highest BCUT2D eigenvalue weighted by Gasteiger charge is 2.30. The number of benzene rings is 1. The van der Waals surface area contributed by atoms with E-state index in [4.69, 9.17) is 9.47 Å². The molecule has 0 amide bonds. The summed E-state index contributed by atoms with van der Waals surface area (Å²) in [6.07, 6.45) is 3.99. The normalized spacial score (nSPS) is 18.0. The van der Waals surface area contributed by atoms with Crippen LogP contribution in [0.2, 0.25) is 0 Å². The fraction of sp³-hybridized carbons (Fsp3) is 0.350. The Bertz CT molecular complexity index is 1190. The molecule has 0 atom stereocenters. The quantitative estimate of drug-likeness (QED) is 0.556. The summed E-state index contributed by atoms with van der Waals surface area (Å²) in [6.45, 7) is 3.78. The van der Waals surface area contributed by atoms with Crippen LogP contribution in [-0.4, -0.2) is 66.4 Å². The molecular weight excluding hydrogens is 472 g/mol. The summed E-state index contributed by atoms with van der Waals surface area (Å²) in [5.41, 5.74) is 1.87. The van der Waals surface area contributed by atoms with Crippen LogP contribution in [0.1, 0.15) is 5.69 Å². The molecule has 10 heteroatoms. The van der Waals surface area contributed by atoms with Crippen molar-refractivity contribution >= 4 is 31.6 Å². The van der Waals surface area contributed by atoms with E-state index in [1.54, 1.807) is 18.2 Å². The lowest BCUT2D eigenvalue weighted by Crippen LogP contribution is -2.48. The van der Waals surface area contributed by atoms with E-state index in [1.165, 1.54) is 4.31 Å². The SMILES string of the molecule is O=S(=O)(c1ccc2c(c1)OCCO2)N1CCN(Cc2cn3cc(Br)ccc3n2)CC1. The van der Waals surface area contributed by atoms with Gasteiger partial charge in [-0.05, 0) is 40.2 Å².